The van der Waals surface area contributed by atoms with Crippen LogP contribution in [0.4, 0.5) is 4.39 Å². The number of nitrogens with two attached hydrogens (primary N) is 1. The van der Waals surface area contributed by atoms with Gasteiger partial charge in [-0.05, 0) is 49.6 Å². The molecular formula is C13H19FN2O. The molecular weight excluding hydrogens is 219 g/mol. The van der Waals surface area contributed by atoms with Crippen molar-refractivity contribution in [3.63, 3.8) is 0 Å². The van der Waals surface area contributed by atoms with Gasteiger partial charge in [-0.15, -0.1) is 0 Å². The van der Waals surface area contributed by atoms with E-state index in [4.69, 9.17) is 5.73 Å². The first-order valence-electron chi connectivity index (χ1n) is 5.85. The van der Waals surface area contributed by atoms with Gasteiger partial charge in [0.1, 0.15) is 5.82 Å². The average molecular weight is 238 g/mol. The molecule has 0 saturated heterocycles. The van der Waals surface area contributed by atoms with E-state index in [9.17, 15) is 9.18 Å². The van der Waals surface area contributed by atoms with Crippen LogP contribution in [-0.4, -0.2) is 19.0 Å². The summed E-state index contributed by atoms with van der Waals surface area (Å²) < 4.78 is 12.9. The molecule has 0 aliphatic rings. The Labute approximate surface area is 101 Å². The predicted molar refractivity (Wildman–Crippen MR) is 66.1 cm³/mol. The van der Waals surface area contributed by atoms with Crippen molar-refractivity contribution in [2.75, 3.05) is 13.1 Å². The zero-order valence-electron chi connectivity index (χ0n) is 10.1. The van der Waals surface area contributed by atoms with Crippen molar-refractivity contribution in [2.24, 2.45) is 5.73 Å². The molecule has 0 bridgehead atoms. The van der Waals surface area contributed by atoms with Gasteiger partial charge in [0.2, 0.25) is 5.91 Å². The third-order valence-electron chi connectivity index (χ3n) is 2.63. The van der Waals surface area contributed by atoms with Gasteiger partial charge < -0.3 is 11.1 Å². The molecule has 4 heteroatoms. The van der Waals surface area contributed by atoms with Crippen molar-refractivity contribution in [3.8, 4) is 0 Å². The minimum atomic E-state index is -0.224. The number of benzene rings is 1. The maximum absolute atomic E-state index is 12.9. The van der Waals surface area contributed by atoms with Gasteiger partial charge in [0.15, 0.2) is 0 Å². The van der Waals surface area contributed by atoms with E-state index < -0.39 is 0 Å². The molecule has 0 heterocycles. The van der Waals surface area contributed by atoms with Gasteiger partial charge in [0.05, 0.1) is 0 Å². The molecule has 0 aliphatic heterocycles. The van der Waals surface area contributed by atoms with Crippen molar-refractivity contribution in [1.82, 2.24) is 5.32 Å². The van der Waals surface area contributed by atoms with Gasteiger partial charge in [-0.1, -0.05) is 6.07 Å². The molecule has 3 N–H and O–H groups in total. The largest absolute Gasteiger partial charge is 0.356 e. The van der Waals surface area contributed by atoms with E-state index in [-0.39, 0.29) is 11.7 Å². The lowest BCUT2D eigenvalue weighted by molar-refractivity contribution is -0.121. The second-order valence-corrected chi connectivity index (χ2v) is 4.06. The normalized spacial score (nSPS) is 10.3. The van der Waals surface area contributed by atoms with E-state index in [1.165, 1.54) is 12.1 Å². The molecule has 1 rings (SSSR count). The smallest absolute Gasteiger partial charge is 0.220 e. The molecule has 94 valence electrons. The fourth-order valence-electron chi connectivity index (χ4n) is 1.63. The van der Waals surface area contributed by atoms with E-state index >= 15 is 0 Å². The summed E-state index contributed by atoms with van der Waals surface area (Å²) in [7, 11) is 0. The summed E-state index contributed by atoms with van der Waals surface area (Å²) in [6.45, 7) is 2.98. The van der Waals surface area contributed by atoms with E-state index in [0.29, 0.717) is 25.9 Å². The highest BCUT2D eigenvalue weighted by Gasteiger charge is 2.02. The standard InChI is InChI=1S/C13H19FN2O/c1-10-9-12(14)5-4-11(10)6-8-16-13(17)3-2-7-15/h4-5,9H,2-3,6-8,15H2,1H3,(H,16,17). The molecule has 0 aromatic heterocycles. The third kappa shape index (κ3) is 4.95. The molecule has 0 aliphatic carbocycles. The molecule has 3 nitrogen and oxygen atoms in total. The van der Waals surface area contributed by atoms with E-state index in [1.807, 2.05) is 6.92 Å². The Bertz CT molecular complexity index is 380. The summed E-state index contributed by atoms with van der Waals surface area (Å²) in [5.41, 5.74) is 7.29. The number of amides is 1. The lowest BCUT2D eigenvalue weighted by atomic mass is 10.1. The van der Waals surface area contributed by atoms with Crippen molar-refractivity contribution in [1.29, 1.82) is 0 Å². The van der Waals surface area contributed by atoms with Crippen molar-refractivity contribution in [3.05, 3.63) is 35.1 Å². The van der Waals surface area contributed by atoms with Gasteiger partial charge >= 0.3 is 0 Å². The fourth-order valence-corrected chi connectivity index (χ4v) is 1.63. The van der Waals surface area contributed by atoms with Gasteiger partial charge in [-0.2, -0.15) is 0 Å². The van der Waals surface area contributed by atoms with Crippen LogP contribution in [-0.2, 0) is 11.2 Å². The molecule has 1 aromatic carbocycles. The van der Waals surface area contributed by atoms with Crippen molar-refractivity contribution in [2.45, 2.75) is 26.2 Å². The van der Waals surface area contributed by atoms with Crippen LogP contribution in [0.25, 0.3) is 0 Å². The van der Waals surface area contributed by atoms with Crippen molar-refractivity contribution >= 4 is 5.91 Å². The summed E-state index contributed by atoms with van der Waals surface area (Å²) in [4.78, 5) is 11.3. The lowest BCUT2D eigenvalue weighted by Crippen LogP contribution is -2.26. The van der Waals surface area contributed by atoms with E-state index in [2.05, 4.69) is 5.32 Å². The molecule has 0 unspecified atom stereocenters. The second kappa shape index (κ2) is 7.01. The monoisotopic (exact) mass is 238 g/mol. The Hall–Kier alpha value is -1.42. The quantitative estimate of drug-likeness (QED) is 0.789. The minimum Gasteiger partial charge on any atom is -0.356 e. The maximum atomic E-state index is 12.9. The van der Waals surface area contributed by atoms with E-state index in [0.717, 1.165) is 17.5 Å². The van der Waals surface area contributed by atoms with Crippen LogP contribution < -0.4 is 11.1 Å². The van der Waals surface area contributed by atoms with Gasteiger partial charge in [-0.3, -0.25) is 4.79 Å². The van der Waals surface area contributed by atoms with Crippen LogP contribution >= 0.6 is 0 Å². The number of nitrogens with one attached hydrogen (secondary N) is 1. The highest BCUT2D eigenvalue weighted by Crippen LogP contribution is 2.10. The first-order valence-corrected chi connectivity index (χ1v) is 5.85. The Morgan fingerprint density at radius 2 is 2.24 bits per heavy atom. The molecule has 0 saturated carbocycles. The first-order chi connectivity index (χ1) is 8.13. The van der Waals surface area contributed by atoms with Crippen molar-refractivity contribution < 1.29 is 9.18 Å². The Morgan fingerprint density at radius 3 is 2.88 bits per heavy atom. The second-order valence-electron chi connectivity index (χ2n) is 4.06. The zero-order chi connectivity index (χ0) is 12.7. The molecule has 1 amide bonds. The Balaban J connectivity index is 2.33. The summed E-state index contributed by atoms with van der Waals surface area (Å²) in [5.74, 6) is -0.201. The number of aryl methyl sites for hydroxylation is 1. The number of rotatable bonds is 6. The summed E-state index contributed by atoms with van der Waals surface area (Å²) >= 11 is 0. The van der Waals surface area contributed by atoms with Gasteiger partial charge in [0, 0.05) is 13.0 Å². The number of hydrogen-bond donors (Lipinski definition) is 2. The molecule has 1 aromatic rings. The average Bonchev–Trinajstić information content (AvgIpc) is 2.29. The van der Waals surface area contributed by atoms with Crippen LogP contribution in [0, 0.1) is 12.7 Å². The topological polar surface area (TPSA) is 55.1 Å². The number of carbonyl (C=O) groups excluding carboxylic acids is 1. The zero-order valence-corrected chi connectivity index (χ0v) is 10.1. The molecule has 0 radical (unpaired) electrons. The van der Waals surface area contributed by atoms with Crippen LogP contribution in [0.5, 0.6) is 0 Å². The minimum absolute atomic E-state index is 0.0233. The molecule has 0 spiro atoms. The molecule has 17 heavy (non-hydrogen) atoms. The highest BCUT2D eigenvalue weighted by atomic mass is 19.1. The first kappa shape index (κ1) is 13.6. The van der Waals surface area contributed by atoms with E-state index in [1.54, 1.807) is 6.07 Å². The SMILES string of the molecule is Cc1cc(F)ccc1CCNC(=O)CCCN. The summed E-state index contributed by atoms with van der Waals surface area (Å²) in [6.07, 6.45) is 1.90. The molecule has 0 fully saturated rings. The summed E-state index contributed by atoms with van der Waals surface area (Å²) in [6, 6.07) is 4.71. The van der Waals surface area contributed by atoms with Crippen LogP contribution in [0.1, 0.15) is 24.0 Å². The predicted octanol–water partition coefficient (Wildman–Crippen LogP) is 1.53. The third-order valence-corrected chi connectivity index (χ3v) is 2.63. The Kier molecular flexibility index (Phi) is 5.63. The van der Waals surface area contributed by atoms with Crippen LogP contribution in [0.15, 0.2) is 18.2 Å². The highest BCUT2D eigenvalue weighted by molar-refractivity contribution is 5.75. The maximum Gasteiger partial charge on any atom is 0.220 e. The number of halogens is 1. The van der Waals surface area contributed by atoms with Gasteiger partial charge in [-0.25, -0.2) is 4.39 Å². The number of hydrogen-bond acceptors (Lipinski definition) is 2. The van der Waals surface area contributed by atoms with Crippen LogP contribution in [0.2, 0.25) is 0 Å². The Morgan fingerprint density at radius 1 is 1.47 bits per heavy atom. The van der Waals surface area contributed by atoms with Gasteiger partial charge in [0.25, 0.3) is 0 Å². The lowest BCUT2D eigenvalue weighted by Gasteiger charge is -2.07. The number of carbonyl (C=O) groups is 1. The fraction of sp³-hybridized carbons (Fsp3) is 0.462. The van der Waals surface area contributed by atoms with Crippen LogP contribution in [0.3, 0.4) is 0 Å². The molecule has 0 atom stereocenters. The summed E-state index contributed by atoms with van der Waals surface area (Å²) in [5, 5.41) is 2.82.